The molecule has 150 valence electrons. The minimum Gasteiger partial charge on any atom is -0.365 e. The summed E-state index contributed by atoms with van der Waals surface area (Å²) in [6.07, 6.45) is 11.2. The predicted molar refractivity (Wildman–Crippen MR) is 101 cm³/mol. The standard InChI is InChI=1S/C19H31N5O3/c1-14-5-6-15(18(25)22-20)11-24(14)16-10-21-23(12-16)13-19(7-8-19)27-17-4-2-3-9-26-17/h10,12,14-15,17H,2-9,11,13,20H2,1H3,(H,22,25). The summed E-state index contributed by atoms with van der Waals surface area (Å²) in [6, 6.07) is 0.381. The van der Waals surface area contributed by atoms with Crippen molar-refractivity contribution in [3.05, 3.63) is 12.4 Å². The molecule has 2 aliphatic heterocycles. The molecule has 0 radical (unpaired) electrons. The number of hydrogen-bond acceptors (Lipinski definition) is 6. The number of hydrogen-bond donors (Lipinski definition) is 2. The van der Waals surface area contributed by atoms with E-state index >= 15 is 0 Å². The summed E-state index contributed by atoms with van der Waals surface area (Å²) in [7, 11) is 0. The van der Waals surface area contributed by atoms with Gasteiger partial charge in [-0.15, -0.1) is 0 Å². The number of amides is 1. The highest BCUT2D eigenvalue weighted by Gasteiger charge is 2.47. The maximum atomic E-state index is 11.9. The number of nitrogens with zero attached hydrogens (tertiary/aromatic N) is 3. The minimum atomic E-state index is -0.124. The van der Waals surface area contributed by atoms with Gasteiger partial charge in [-0.3, -0.25) is 14.9 Å². The Hall–Kier alpha value is -1.64. The Morgan fingerprint density at radius 3 is 2.96 bits per heavy atom. The van der Waals surface area contributed by atoms with Crippen molar-refractivity contribution in [2.75, 3.05) is 18.1 Å². The van der Waals surface area contributed by atoms with E-state index in [1.54, 1.807) is 0 Å². The summed E-state index contributed by atoms with van der Waals surface area (Å²) in [5, 5.41) is 4.56. The largest absolute Gasteiger partial charge is 0.365 e. The van der Waals surface area contributed by atoms with Crippen LogP contribution >= 0.6 is 0 Å². The maximum absolute atomic E-state index is 11.9. The molecule has 3 N–H and O–H groups in total. The number of carbonyl (C=O) groups is 1. The van der Waals surface area contributed by atoms with E-state index in [1.165, 1.54) is 6.42 Å². The van der Waals surface area contributed by atoms with E-state index in [0.29, 0.717) is 12.6 Å². The van der Waals surface area contributed by atoms with Gasteiger partial charge in [0.25, 0.3) is 0 Å². The second kappa shape index (κ2) is 7.77. The van der Waals surface area contributed by atoms with E-state index in [4.69, 9.17) is 15.3 Å². The second-order valence-corrected chi connectivity index (χ2v) is 8.28. The SMILES string of the molecule is CC1CCC(C(=O)NN)CN1c1cnn(CC2(OC3CCCCO3)CC2)c1. The van der Waals surface area contributed by atoms with Crippen LogP contribution in [-0.2, 0) is 20.8 Å². The van der Waals surface area contributed by atoms with Crippen LogP contribution in [0.15, 0.2) is 12.4 Å². The molecule has 1 aromatic heterocycles. The Morgan fingerprint density at radius 2 is 2.26 bits per heavy atom. The summed E-state index contributed by atoms with van der Waals surface area (Å²) in [5.41, 5.74) is 3.22. The van der Waals surface area contributed by atoms with Gasteiger partial charge in [0.2, 0.25) is 5.91 Å². The van der Waals surface area contributed by atoms with Crippen LogP contribution < -0.4 is 16.2 Å². The lowest BCUT2D eigenvalue weighted by Crippen LogP contribution is -2.48. The van der Waals surface area contributed by atoms with Crippen molar-refractivity contribution in [2.45, 2.75) is 76.3 Å². The molecule has 0 spiro atoms. The van der Waals surface area contributed by atoms with E-state index in [0.717, 1.165) is 57.4 Å². The lowest BCUT2D eigenvalue weighted by molar-refractivity contribution is -0.200. The molecular weight excluding hydrogens is 346 g/mol. The van der Waals surface area contributed by atoms with Gasteiger partial charge in [0.1, 0.15) is 0 Å². The molecule has 1 aliphatic carbocycles. The highest BCUT2D eigenvalue weighted by Crippen LogP contribution is 2.43. The van der Waals surface area contributed by atoms with Crippen LogP contribution in [-0.4, -0.2) is 46.8 Å². The van der Waals surface area contributed by atoms with Gasteiger partial charge < -0.3 is 14.4 Å². The van der Waals surface area contributed by atoms with Gasteiger partial charge in [-0.05, 0) is 51.9 Å². The molecule has 1 aromatic rings. The van der Waals surface area contributed by atoms with Crippen molar-refractivity contribution in [2.24, 2.45) is 11.8 Å². The smallest absolute Gasteiger partial charge is 0.238 e. The number of nitrogens with one attached hydrogen (secondary N) is 1. The van der Waals surface area contributed by atoms with Crippen LogP contribution in [0.4, 0.5) is 5.69 Å². The van der Waals surface area contributed by atoms with Crippen molar-refractivity contribution < 1.29 is 14.3 Å². The van der Waals surface area contributed by atoms with Crippen LogP contribution in [0.2, 0.25) is 0 Å². The molecule has 27 heavy (non-hydrogen) atoms. The summed E-state index contributed by atoms with van der Waals surface area (Å²) in [5.74, 6) is 5.16. The fourth-order valence-corrected chi connectivity index (χ4v) is 4.22. The molecule has 0 bridgehead atoms. The van der Waals surface area contributed by atoms with E-state index < -0.39 is 0 Å². The first-order chi connectivity index (χ1) is 13.1. The highest BCUT2D eigenvalue weighted by atomic mass is 16.7. The second-order valence-electron chi connectivity index (χ2n) is 8.28. The molecule has 8 nitrogen and oxygen atoms in total. The lowest BCUT2D eigenvalue weighted by atomic mass is 9.92. The molecule has 3 aliphatic rings. The number of rotatable bonds is 6. The molecular formula is C19H31N5O3. The first-order valence-corrected chi connectivity index (χ1v) is 10.2. The Labute approximate surface area is 160 Å². The molecule has 8 heteroatoms. The third-order valence-electron chi connectivity index (χ3n) is 6.12. The van der Waals surface area contributed by atoms with Crippen LogP contribution in [0.25, 0.3) is 0 Å². The molecule has 1 saturated carbocycles. The molecule has 0 aromatic carbocycles. The first kappa shape index (κ1) is 18.7. The zero-order valence-corrected chi connectivity index (χ0v) is 16.1. The fourth-order valence-electron chi connectivity index (χ4n) is 4.22. The van der Waals surface area contributed by atoms with E-state index in [-0.39, 0.29) is 23.7 Å². The molecule has 3 fully saturated rings. The predicted octanol–water partition coefficient (Wildman–Crippen LogP) is 1.55. The molecule has 3 heterocycles. The van der Waals surface area contributed by atoms with Gasteiger partial charge in [0, 0.05) is 25.4 Å². The number of carbonyl (C=O) groups excluding carboxylic acids is 1. The van der Waals surface area contributed by atoms with Gasteiger partial charge in [-0.25, -0.2) is 5.84 Å². The van der Waals surface area contributed by atoms with Gasteiger partial charge in [0.15, 0.2) is 6.29 Å². The number of ether oxygens (including phenoxy) is 2. The molecule has 3 atom stereocenters. The molecule has 1 amide bonds. The zero-order chi connectivity index (χ0) is 18.9. The fraction of sp³-hybridized carbons (Fsp3) is 0.789. The number of aromatic nitrogens is 2. The monoisotopic (exact) mass is 377 g/mol. The van der Waals surface area contributed by atoms with Crippen LogP contribution in [0.5, 0.6) is 0 Å². The summed E-state index contributed by atoms with van der Waals surface area (Å²) < 4.78 is 14.0. The average molecular weight is 377 g/mol. The number of nitrogens with two attached hydrogens (primary N) is 1. The quantitative estimate of drug-likeness (QED) is 0.444. The lowest BCUT2D eigenvalue weighted by Gasteiger charge is -2.38. The minimum absolute atomic E-state index is 0.0612. The number of anilines is 1. The Bertz CT molecular complexity index is 654. The van der Waals surface area contributed by atoms with Crippen LogP contribution in [0.1, 0.15) is 51.9 Å². The molecule has 2 saturated heterocycles. The van der Waals surface area contributed by atoms with Crippen molar-refractivity contribution in [3.8, 4) is 0 Å². The Balaban J connectivity index is 1.38. The highest BCUT2D eigenvalue weighted by molar-refractivity contribution is 5.79. The third kappa shape index (κ3) is 4.28. The van der Waals surface area contributed by atoms with Crippen LogP contribution in [0.3, 0.4) is 0 Å². The Kier molecular flexibility index (Phi) is 5.39. The van der Waals surface area contributed by atoms with Crippen molar-refractivity contribution >= 4 is 11.6 Å². The number of hydrazine groups is 1. The van der Waals surface area contributed by atoms with Gasteiger partial charge in [-0.2, -0.15) is 5.10 Å². The summed E-state index contributed by atoms with van der Waals surface area (Å²) in [4.78, 5) is 14.2. The first-order valence-electron chi connectivity index (χ1n) is 10.2. The van der Waals surface area contributed by atoms with Gasteiger partial charge >= 0.3 is 0 Å². The zero-order valence-electron chi connectivity index (χ0n) is 16.1. The van der Waals surface area contributed by atoms with Gasteiger partial charge in [-0.1, -0.05) is 0 Å². The van der Waals surface area contributed by atoms with Crippen LogP contribution in [0, 0.1) is 5.92 Å². The molecule has 3 unspecified atom stereocenters. The van der Waals surface area contributed by atoms with E-state index in [2.05, 4.69) is 28.5 Å². The van der Waals surface area contributed by atoms with E-state index in [9.17, 15) is 4.79 Å². The maximum Gasteiger partial charge on any atom is 0.238 e. The summed E-state index contributed by atoms with van der Waals surface area (Å²) >= 11 is 0. The normalized spacial score (nSPS) is 30.1. The average Bonchev–Trinajstić information content (AvgIpc) is 3.27. The van der Waals surface area contributed by atoms with Crippen molar-refractivity contribution in [1.29, 1.82) is 0 Å². The number of piperidine rings is 1. The van der Waals surface area contributed by atoms with Crippen molar-refractivity contribution in [1.82, 2.24) is 15.2 Å². The van der Waals surface area contributed by atoms with Crippen molar-refractivity contribution in [3.63, 3.8) is 0 Å². The topological polar surface area (TPSA) is 94.6 Å². The molecule has 4 rings (SSSR count). The summed E-state index contributed by atoms with van der Waals surface area (Å²) in [6.45, 7) is 4.42. The van der Waals surface area contributed by atoms with E-state index in [1.807, 2.05) is 10.9 Å². The third-order valence-corrected chi connectivity index (χ3v) is 6.12. The van der Waals surface area contributed by atoms with Gasteiger partial charge in [0.05, 0.1) is 29.9 Å². The Morgan fingerprint density at radius 1 is 1.41 bits per heavy atom.